The molecule has 114 valence electrons. The van der Waals surface area contributed by atoms with E-state index in [-0.39, 0.29) is 22.7 Å². The van der Waals surface area contributed by atoms with Gasteiger partial charge in [0, 0.05) is 6.54 Å². The summed E-state index contributed by atoms with van der Waals surface area (Å²) in [6.07, 6.45) is 1.89. The van der Waals surface area contributed by atoms with E-state index < -0.39 is 15.8 Å². The molecule has 0 saturated carbocycles. The number of piperidine rings is 1. The van der Waals surface area contributed by atoms with Crippen LogP contribution in [0.4, 0.5) is 4.39 Å². The molecule has 1 aliphatic heterocycles. The monoisotopic (exact) mass is 322 g/mol. The first-order chi connectivity index (χ1) is 8.91. The zero-order valence-electron chi connectivity index (χ0n) is 11.4. The van der Waals surface area contributed by atoms with Crippen molar-refractivity contribution in [2.45, 2.75) is 24.7 Å². The van der Waals surface area contributed by atoms with Crippen molar-refractivity contribution in [1.82, 2.24) is 10.0 Å². The Morgan fingerprint density at radius 3 is 2.35 bits per heavy atom. The number of sulfonamides is 1. The quantitative estimate of drug-likeness (QED) is 0.890. The summed E-state index contributed by atoms with van der Waals surface area (Å²) >= 11 is 0. The number of nitrogens with one attached hydrogen (secondary N) is 2. The Bertz CT molecular complexity index is 528. The Kier molecular flexibility index (Phi) is 5.94. The van der Waals surface area contributed by atoms with Crippen LogP contribution in [0.2, 0.25) is 0 Å². The van der Waals surface area contributed by atoms with Crippen LogP contribution in [0.15, 0.2) is 29.2 Å². The Morgan fingerprint density at radius 1 is 1.25 bits per heavy atom. The second-order valence-electron chi connectivity index (χ2n) is 5.34. The predicted molar refractivity (Wildman–Crippen MR) is 79.0 cm³/mol. The molecule has 0 radical (unpaired) electrons. The molecule has 0 atom stereocenters. The van der Waals surface area contributed by atoms with Gasteiger partial charge in [-0.1, -0.05) is 6.92 Å². The Balaban J connectivity index is 0.00000200. The highest BCUT2D eigenvalue weighted by atomic mass is 35.5. The van der Waals surface area contributed by atoms with E-state index in [1.807, 2.05) is 0 Å². The summed E-state index contributed by atoms with van der Waals surface area (Å²) in [4.78, 5) is 0.103. The van der Waals surface area contributed by atoms with E-state index in [9.17, 15) is 12.8 Å². The highest BCUT2D eigenvalue weighted by molar-refractivity contribution is 7.89. The zero-order chi connectivity index (χ0) is 13.9. The van der Waals surface area contributed by atoms with Gasteiger partial charge in [0.2, 0.25) is 10.0 Å². The lowest BCUT2D eigenvalue weighted by molar-refractivity contribution is 0.232. The van der Waals surface area contributed by atoms with Gasteiger partial charge in [-0.3, -0.25) is 0 Å². The third kappa shape index (κ3) is 4.41. The van der Waals surface area contributed by atoms with Gasteiger partial charge in [-0.25, -0.2) is 17.5 Å². The molecule has 0 spiro atoms. The van der Waals surface area contributed by atoms with Crippen LogP contribution >= 0.6 is 12.4 Å². The van der Waals surface area contributed by atoms with Crippen molar-refractivity contribution in [2.24, 2.45) is 5.41 Å². The van der Waals surface area contributed by atoms with E-state index in [0.717, 1.165) is 38.1 Å². The normalized spacial score (nSPS) is 18.3. The molecule has 2 rings (SSSR count). The molecule has 0 aliphatic carbocycles. The van der Waals surface area contributed by atoms with Crippen LogP contribution in [-0.2, 0) is 10.0 Å². The van der Waals surface area contributed by atoms with Crippen LogP contribution in [0.25, 0.3) is 0 Å². The lowest BCUT2D eigenvalue weighted by Gasteiger charge is -2.34. The van der Waals surface area contributed by atoms with Crippen molar-refractivity contribution in [3.05, 3.63) is 30.1 Å². The maximum absolute atomic E-state index is 12.8. The predicted octanol–water partition coefficient (Wildman–Crippen LogP) is 1.92. The molecule has 7 heteroatoms. The average Bonchev–Trinajstić information content (AvgIpc) is 2.38. The van der Waals surface area contributed by atoms with Gasteiger partial charge in [0.15, 0.2) is 0 Å². The summed E-state index contributed by atoms with van der Waals surface area (Å²) in [5, 5.41) is 3.26. The fourth-order valence-corrected chi connectivity index (χ4v) is 3.37. The maximum Gasteiger partial charge on any atom is 0.240 e. The van der Waals surface area contributed by atoms with Gasteiger partial charge in [-0.2, -0.15) is 0 Å². The topological polar surface area (TPSA) is 58.2 Å². The number of hydrogen-bond donors (Lipinski definition) is 2. The molecule has 4 nitrogen and oxygen atoms in total. The molecular weight excluding hydrogens is 303 g/mol. The average molecular weight is 323 g/mol. The highest BCUT2D eigenvalue weighted by Gasteiger charge is 2.28. The molecule has 1 saturated heterocycles. The standard InChI is InChI=1S/C13H19FN2O2S.ClH/c1-13(6-8-15-9-7-13)10-16-19(17,18)12-4-2-11(14)3-5-12;/h2-5,15-16H,6-10H2,1H3;1H. The molecule has 1 aromatic rings. The van der Waals surface area contributed by atoms with E-state index in [1.165, 1.54) is 12.1 Å². The first-order valence-corrected chi connectivity index (χ1v) is 7.86. The van der Waals surface area contributed by atoms with Crippen LogP contribution in [0.3, 0.4) is 0 Å². The van der Waals surface area contributed by atoms with Crippen molar-refractivity contribution in [3.63, 3.8) is 0 Å². The van der Waals surface area contributed by atoms with Crippen molar-refractivity contribution in [1.29, 1.82) is 0 Å². The molecular formula is C13H20ClFN2O2S. The summed E-state index contributed by atoms with van der Waals surface area (Å²) in [5.41, 5.74) is -0.0155. The number of benzene rings is 1. The molecule has 0 amide bonds. The van der Waals surface area contributed by atoms with E-state index in [4.69, 9.17) is 0 Å². The van der Waals surface area contributed by atoms with Gasteiger partial charge in [-0.15, -0.1) is 12.4 Å². The zero-order valence-corrected chi connectivity index (χ0v) is 13.0. The fourth-order valence-electron chi connectivity index (χ4n) is 2.17. The van der Waals surface area contributed by atoms with Gasteiger partial charge in [0.25, 0.3) is 0 Å². The minimum absolute atomic E-state index is 0. The van der Waals surface area contributed by atoms with Gasteiger partial charge < -0.3 is 5.32 Å². The third-order valence-corrected chi connectivity index (χ3v) is 5.04. The smallest absolute Gasteiger partial charge is 0.240 e. The SMILES string of the molecule is CC1(CNS(=O)(=O)c2ccc(F)cc2)CCNCC1.Cl. The third-order valence-electron chi connectivity index (χ3n) is 3.62. The number of rotatable bonds is 4. The lowest BCUT2D eigenvalue weighted by atomic mass is 9.81. The van der Waals surface area contributed by atoms with Crippen LogP contribution in [-0.4, -0.2) is 28.1 Å². The maximum atomic E-state index is 12.8. The second kappa shape index (κ2) is 6.85. The summed E-state index contributed by atoms with van der Waals surface area (Å²) < 4.78 is 39.6. The first kappa shape index (κ1) is 17.4. The van der Waals surface area contributed by atoms with Crippen molar-refractivity contribution < 1.29 is 12.8 Å². The Morgan fingerprint density at radius 2 is 1.80 bits per heavy atom. The molecule has 1 heterocycles. The Labute approximate surface area is 125 Å². The minimum atomic E-state index is -3.55. The van der Waals surface area contributed by atoms with Crippen molar-refractivity contribution in [3.8, 4) is 0 Å². The molecule has 0 aromatic heterocycles. The number of hydrogen-bond acceptors (Lipinski definition) is 3. The Hall–Kier alpha value is -0.690. The van der Waals surface area contributed by atoms with Crippen LogP contribution in [0.1, 0.15) is 19.8 Å². The molecule has 1 aliphatic rings. The first-order valence-electron chi connectivity index (χ1n) is 6.37. The molecule has 1 aromatic carbocycles. The van der Waals surface area contributed by atoms with Crippen molar-refractivity contribution >= 4 is 22.4 Å². The minimum Gasteiger partial charge on any atom is -0.317 e. The highest BCUT2D eigenvalue weighted by Crippen LogP contribution is 2.27. The van der Waals surface area contributed by atoms with E-state index in [2.05, 4.69) is 17.0 Å². The molecule has 2 N–H and O–H groups in total. The second-order valence-corrected chi connectivity index (χ2v) is 7.11. The summed E-state index contributed by atoms with van der Waals surface area (Å²) in [5.74, 6) is -0.440. The fraction of sp³-hybridized carbons (Fsp3) is 0.538. The molecule has 0 unspecified atom stereocenters. The van der Waals surface area contributed by atoms with Crippen LogP contribution in [0, 0.1) is 11.2 Å². The van der Waals surface area contributed by atoms with Crippen molar-refractivity contribution in [2.75, 3.05) is 19.6 Å². The molecule has 0 bridgehead atoms. The number of halogens is 2. The lowest BCUT2D eigenvalue weighted by Crippen LogP contribution is -2.42. The summed E-state index contributed by atoms with van der Waals surface area (Å²) in [6.45, 7) is 4.32. The summed E-state index contributed by atoms with van der Waals surface area (Å²) in [7, 11) is -3.55. The van der Waals surface area contributed by atoms with Gasteiger partial charge in [0.05, 0.1) is 4.90 Å². The van der Waals surface area contributed by atoms with Crippen LogP contribution < -0.4 is 10.0 Å². The van der Waals surface area contributed by atoms with E-state index >= 15 is 0 Å². The molecule has 20 heavy (non-hydrogen) atoms. The van der Waals surface area contributed by atoms with E-state index in [1.54, 1.807) is 0 Å². The van der Waals surface area contributed by atoms with Gasteiger partial charge >= 0.3 is 0 Å². The molecule has 1 fully saturated rings. The summed E-state index contributed by atoms with van der Waals surface area (Å²) in [6, 6.07) is 4.87. The van der Waals surface area contributed by atoms with Crippen LogP contribution in [0.5, 0.6) is 0 Å². The van der Waals surface area contributed by atoms with E-state index in [0.29, 0.717) is 6.54 Å². The van der Waals surface area contributed by atoms with Gasteiger partial charge in [-0.05, 0) is 55.6 Å². The largest absolute Gasteiger partial charge is 0.317 e. The van der Waals surface area contributed by atoms with Gasteiger partial charge in [0.1, 0.15) is 5.82 Å².